The molecule has 1 amide bonds. The maximum Gasteiger partial charge on any atom is 0.262 e. The normalized spacial score (nSPS) is 16.4. The zero-order chi connectivity index (χ0) is 19.5. The molecular weight excluding hydrogens is 366 g/mol. The van der Waals surface area contributed by atoms with Crippen LogP contribution in [0.3, 0.4) is 0 Å². The highest BCUT2D eigenvalue weighted by atomic mass is 32.1. The SMILES string of the molecule is N#CC1=C(c2cccn(-c3ccccc3)c2=S)CC(c2ccccc2)NC1=O. The van der Waals surface area contributed by atoms with E-state index in [9.17, 15) is 10.1 Å². The van der Waals surface area contributed by atoms with Crippen LogP contribution in [0.5, 0.6) is 0 Å². The van der Waals surface area contributed by atoms with Crippen molar-refractivity contribution in [2.75, 3.05) is 0 Å². The highest BCUT2D eigenvalue weighted by Crippen LogP contribution is 2.34. The number of aromatic nitrogens is 1. The van der Waals surface area contributed by atoms with Crippen molar-refractivity contribution < 1.29 is 4.79 Å². The van der Waals surface area contributed by atoms with E-state index in [0.29, 0.717) is 16.6 Å². The Labute approximate surface area is 168 Å². The van der Waals surface area contributed by atoms with Crippen LogP contribution in [-0.4, -0.2) is 10.5 Å². The molecule has 4 rings (SSSR count). The lowest BCUT2D eigenvalue weighted by molar-refractivity contribution is -0.118. The van der Waals surface area contributed by atoms with Crippen molar-refractivity contribution in [1.82, 2.24) is 9.88 Å². The van der Waals surface area contributed by atoms with Gasteiger partial charge >= 0.3 is 0 Å². The zero-order valence-electron chi connectivity index (χ0n) is 15.0. The Balaban J connectivity index is 1.84. The fourth-order valence-electron chi connectivity index (χ4n) is 3.49. The van der Waals surface area contributed by atoms with E-state index in [0.717, 1.165) is 16.8 Å². The molecule has 0 spiro atoms. The second kappa shape index (κ2) is 7.63. The molecule has 0 fully saturated rings. The Morgan fingerprint density at radius 3 is 2.36 bits per heavy atom. The number of amides is 1. The molecule has 4 nitrogen and oxygen atoms in total. The minimum Gasteiger partial charge on any atom is -0.344 e. The lowest BCUT2D eigenvalue weighted by Crippen LogP contribution is -2.34. The summed E-state index contributed by atoms with van der Waals surface area (Å²) in [6, 6.07) is 25.2. The van der Waals surface area contributed by atoms with Crippen LogP contribution in [-0.2, 0) is 4.79 Å². The minimum atomic E-state index is -0.359. The van der Waals surface area contributed by atoms with Gasteiger partial charge in [-0.15, -0.1) is 0 Å². The van der Waals surface area contributed by atoms with Gasteiger partial charge in [0, 0.05) is 17.4 Å². The fourth-order valence-corrected chi connectivity index (χ4v) is 3.85. The molecule has 5 heteroatoms. The Hall–Kier alpha value is -3.49. The summed E-state index contributed by atoms with van der Waals surface area (Å²) in [4.78, 5) is 12.6. The van der Waals surface area contributed by atoms with E-state index in [2.05, 4.69) is 11.4 Å². The van der Waals surface area contributed by atoms with Gasteiger partial charge in [-0.1, -0.05) is 66.8 Å². The first kappa shape index (κ1) is 17.9. The van der Waals surface area contributed by atoms with Crippen LogP contribution in [0.15, 0.2) is 84.6 Å². The Morgan fingerprint density at radius 2 is 1.68 bits per heavy atom. The fraction of sp³-hybridized carbons (Fsp3) is 0.0870. The third kappa shape index (κ3) is 3.26. The van der Waals surface area contributed by atoms with Crippen molar-refractivity contribution in [2.45, 2.75) is 12.5 Å². The number of nitrogens with zero attached hydrogens (tertiary/aromatic N) is 2. The van der Waals surface area contributed by atoms with Crippen molar-refractivity contribution in [1.29, 1.82) is 5.26 Å². The van der Waals surface area contributed by atoms with Gasteiger partial charge in [-0.3, -0.25) is 4.79 Å². The number of carbonyl (C=O) groups is 1. The van der Waals surface area contributed by atoms with Gasteiger partial charge in [0.15, 0.2) is 0 Å². The van der Waals surface area contributed by atoms with Gasteiger partial charge in [-0.05, 0) is 35.8 Å². The number of hydrogen-bond donors (Lipinski definition) is 1. The number of benzene rings is 2. The molecule has 1 atom stereocenters. The van der Waals surface area contributed by atoms with E-state index in [4.69, 9.17) is 12.2 Å². The summed E-state index contributed by atoms with van der Waals surface area (Å²) in [5.41, 5.74) is 3.50. The highest BCUT2D eigenvalue weighted by molar-refractivity contribution is 7.71. The maximum absolute atomic E-state index is 12.6. The predicted molar refractivity (Wildman–Crippen MR) is 111 cm³/mol. The minimum absolute atomic E-state index is 0.129. The van der Waals surface area contributed by atoms with Crippen LogP contribution in [0, 0.1) is 16.0 Å². The molecule has 0 aliphatic carbocycles. The molecular formula is C23H17N3OS. The van der Waals surface area contributed by atoms with E-state index in [1.165, 1.54) is 0 Å². The molecule has 1 aliphatic heterocycles. The van der Waals surface area contributed by atoms with E-state index >= 15 is 0 Å². The predicted octanol–water partition coefficient (Wildman–Crippen LogP) is 4.75. The first-order valence-corrected chi connectivity index (χ1v) is 9.36. The van der Waals surface area contributed by atoms with Crippen LogP contribution in [0.2, 0.25) is 0 Å². The molecule has 2 aromatic carbocycles. The average molecular weight is 383 g/mol. The summed E-state index contributed by atoms with van der Waals surface area (Å²) in [5.74, 6) is -0.359. The van der Waals surface area contributed by atoms with Gasteiger partial charge in [0.05, 0.1) is 6.04 Å². The van der Waals surface area contributed by atoms with Gasteiger partial charge in [0.1, 0.15) is 16.3 Å². The van der Waals surface area contributed by atoms with E-state index in [1.807, 2.05) is 83.6 Å². The van der Waals surface area contributed by atoms with Gasteiger partial charge in [-0.2, -0.15) is 5.26 Å². The van der Waals surface area contributed by atoms with Crippen molar-refractivity contribution >= 4 is 23.7 Å². The van der Waals surface area contributed by atoms with E-state index in [-0.39, 0.29) is 17.5 Å². The lowest BCUT2D eigenvalue weighted by Gasteiger charge is -2.26. The van der Waals surface area contributed by atoms with Gasteiger partial charge < -0.3 is 9.88 Å². The first-order valence-electron chi connectivity index (χ1n) is 8.95. The number of nitrogens with one attached hydrogen (secondary N) is 1. The molecule has 1 N–H and O–H groups in total. The highest BCUT2D eigenvalue weighted by Gasteiger charge is 2.29. The molecule has 1 unspecified atom stereocenters. The van der Waals surface area contributed by atoms with Crippen molar-refractivity contribution in [2.24, 2.45) is 0 Å². The monoisotopic (exact) mass is 383 g/mol. The summed E-state index contributed by atoms with van der Waals surface area (Å²) >= 11 is 5.74. The number of rotatable bonds is 3. The average Bonchev–Trinajstić information content (AvgIpc) is 2.74. The largest absolute Gasteiger partial charge is 0.344 e. The molecule has 136 valence electrons. The summed E-state index contributed by atoms with van der Waals surface area (Å²) < 4.78 is 2.48. The van der Waals surface area contributed by atoms with Gasteiger partial charge in [0.25, 0.3) is 5.91 Å². The number of carbonyl (C=O) groups excluding carboxylic acids is 1. The number of nitriles is 1. The molecule has 1 aromatic heterocycles. The van der Waals surface area contributed by atoms with Crippen molar-refractivity contribution in [3.05, 3.63) is 100 Å². The summed E-state index contributed by atoms with van der Waals surface area (Å²) in [6.07, 6.45) is 2.41. The van der Waals surface area contributed by atoms with Crippen molar-refractivity contribution in [3.8, 4) is 11.8 Å². The van der Waals surface area contributed by atoms with Gasteiger partial charge in [-0.25, -0.2) is 0 Å². The molecule has 0 radical (unpaired) electrons. The molecule has 3 aromatic rings. The topological polar surface area (TPSA) is 57.8 Å². The smallest absolute Gasteiger partial charge is 0.262 e. The Morgan fingerprint density at radius 1 is 1.00 bits per heavy atom. The van der Waals surface area contributed by atoms with Crippen LogP contribution in [0.4, 0.5) is 0 Å². The van der Waals surface area contributed by atoms with E-state index in [1.54, 1.807) is 0 Å². The summed E-state index contributed by atoms with van der Waals surface area (Å²) in [5, 5.41) is 12.6. The zero-order valence-corrected chi connectivity index (χ0v) is 15.8. The molecule has 0 saturated heterocycles. The second-order valence-electron chi connectivity index (χ2n) is 6.54. The summed E-state index contributed by atoms with van der Waals surface area (Å²) in [7, 11) is 0. The third-order valence-corrected chi connectivity index (χ3v) is 5.28. The van der Waals surface area contributed by atoms with Crippen molar-refractivity contribution in [3.63, 3.8) is 0 Å². The van der Waals surface area contributed by atoms with Crippen LogP contribution < -0.4 is 5.32 Å². The Kier molecular flexibility index (Phi) is 4.88. The van der Waals surface area contributed by atoms with Crippen LogP contribution in [0.1, 0.15) is 23.6 Å². The molecule has 2 heterocycles. The first-order chi connectivity index (χ1) is 13.7. The number of para-hydroxylation sites is 1. The lowest BCUT2D eigenvalue weighted by atomic mass is 9.88. The Bertz CT molecular complexity index is 1160. The van der Waals surface area contributed by atoms with Crippen LogP contribution in [0.25, 0.3) is 11.3 Å². The standard InChI is InChI=1S/C23H17N3OS/c24-15-20-19(14-21(25-22(20)27)16-8-3-1-4-9-16)18-12-7-13-26(23(18)28)17-10-5-2-6-11-17/h1-13,21H,14H2,(H,25,27). The van der Waals surface area contributed by atoms with Gasteiger partial charge in [0.2, 0.25) is 0 Å². The molecule has 0 bridgehead atoms. The molecule has 0 saturated carbocycles. The summed E-state index contributed by atoms with van der Waals surface area (Å²) in [6.45, 7) is 0. The quantitative estimate of drug-likeness (QED) is 0.664. The third-order valence-electron chi connectivity index (χ3n) is 4.86. The molecule has 28 heavy (non-hydrogen) atoms. The molecule has 1 aliphatic rings. The maximum atomic E-state index is 12.6. The number of hydrogen-bond acceptors (Lipinski definition) is 3. The number of pyridine rings is 1. The second-order valence-corrected chi connectivity index (χ2v) is 6.93. The van der Waals surface area contributed by atoms with E-state index < -0.39 is 0 Å². The van der Waals surface area contributed by atoms with Crippen LogP contribution >= 0.6 is 12.2 Å².